The van der Waals surface area contributed by atoms with E-state index in [1.165, 1.54) is 12.1 Å². The van der Waals surface area contributed by atoms with Crippen LogP contribution in [0.15, 0.2) is 18.2 Å². The largest absolute Gasteiger partial charge is 0.491 e. The van der Waals surface area contributed by atoms with E-state index >= 15 is 0 Å². The Bertz CT molecular complexity index is 339. The summed E-state index contributed by atoms with van der Waals surface area (Å²) in [5, 5.41) is 9.81. The highest BCUT2D eigenvalue weighted by atomic mass is 19.1. The van der Waals surface area contributed by atoms with E-state index in [2.05, 4.69) is 0 Å². The average molecular weight is 213 g/mol. The zero-order valence-electron chi connectivity index (χ0n) is 8.96. The van der Waals surface area contributed by atoms with Crippen molar-refractivity contribution in [1.29, 1.82) is 0 Å². The predicted octanol–water partition coefficient (Wildman–Crippen LogP) is 1.39. The molecule has 0 spiro atoms. The van der Waals surface area contributed by atoms with Crippen LogP contribution in [-0.2, 0) is 5.60 Å². The van der Waals surface area contributed by atoms with Crippen molar-refractivity contribution in [3.05, 3.63) is 29.6 Å². The van der Waals surface area contributed by atoms with Crippen LogP contribution >= 0.6 is 0 Å². The molecular formula is C11H16FNO2. The lowest BCUT2D eigenvalue weighted by Crippen LogP contribution is -2.31. The minimum atomic E-state index is -1.20. The van der Waals surface area contributed by atoms with E-state index in [1.807, 2.05) is 0 Å². The molecule has 0 saturated heterocycles. The summed E-state index contributed by atoms with van der Waals surface area (Å²) in [7, 11) is 0. The number of halogens is 1. The SMILES string of the molecule is CCOc1ccc(C(C)(O)CN)cc1F. The summed E-state index contributed by atoms with van der Waals surface area (Å²) in [6, 6.07) is 4.36. The fraction of sp³-hybridized carbons (Fsp3) is 0.455. The van der Waals surface area contributed by atoms with Crippen molar-refractivity contribution in [2.24, 2.45) is 5.73 Å². The van der Waals surface area contributed by atoms with Crippen LogP contribution in [0.2, 0.25) is 0 Å². The molecule has 0 fully saturated rings. The van der Waals surface area contributed by atoms with Gasteiger partial charge in [0.25, 0.3) is 0 Å². The van der Waals surface area contributed by atoms with E-state index in [4.69, 9.17) is 10.5 Å². The highest BCUT2D eigenvalue weighted by molar-refractivity contribution is 5.32. The van der Waals surface area contributed by atoms with Crippen LogP contribution < -0.4 is 10.5 Å². The lowest BCUT2D eigenvalue weighted by molar-refractivity contribution is 0.0664. The first-order valence-electron chi connectivity index (χ1n) is 4.86. The van der Waals surface area contributed by atoms with Gasteiger partial charge in [-0.3, -0.25) is 0 Å². The Labute approximate surface area is 88.7 Å². The fourth-order valence-electron chi connectivity index (χ4n) is 1.23. The third kappa shape index (κ3) is 2.67. The first-order chi connectivity index (χ1) is 7.01. The molecule has 1 aromatic rings. The summed E-state index contributed by atoms with van der Waals surface area (Å²) < 4.78 is 18.5. The standard InChI is InChI=1S/C11H16FNO2/c1-3-15-10-5-4-8(6-9(10)12)11(2,14)7-13/h4-6,14H,3,7,13H2,1-2H3. The Kier molecular flexibility index (Phi) is 3.66. The van der Waals surface area contributed by atoms with Crippen molar-refractivity contribution < 1.29 is 14.2 Å². The van der Waals surface area contributed by atoms with Gasteiger partial charge >= 0.3 is 0 Å². The van der Waals surface area contributed by atoms with Gasteiger partial charge in [-0.05, 0) is 31.5 Å². The third-order valence-electron chi connectivity index (χ3n) is 2.25. The van der Waals surface area contributed by atoms with Gasteiger partial charge in [-0.1, -0.05) is 6.07 Å². The van der Waals surface area contributed by atoms with E-state index in [1.54, 1.807) is 19.9 Å². The van der Waals surface area contributed by atoms with Gasteiger partial charge in [0.1, 0.15) is 0 Å². The number of ether oxygens (including phenoxy) is 1. The van der Waals surface area contributed by atoms with Crippen LogP contribution in [0.1, 0.15) is 19.4 Å². The van der Waals surface area contributed by atoms with Crippen molar-refractivity contribution in [2.45, 2.75) is 19.4 Å². The molecule has 1 atom stereocenters. The van der Waals surface area contributed by atoms with E-state index in [0.29, 0.717) is 12.2 Å². The van der Waals surface area contributed by atoms with Gasteiger partial charge in [-0.15, -0.1) is 0 Å². The van der Waals surface area contributed by atoms with Crippen LogP contribution in [0.25, 0.3) is 0 Å². The van der Waals surface area contributed by atoms with Crippen molar-refractivity contribution in [2.75, 3.05) is 13.2 Å². The Hall–Kier alpha value is -1.13. The number of hydrogen-bond acceptors (Lipinski definition) is 3. The number of aliphatic hydroxyl groups is 1. The lowest BCUT2D eigenvalue weighted by Gasteiger charge is -2.21. The van der Waals surface area contributed by atoms with Gasteiger partial charge < -0.3 is 15.6 Å². The summed E-state index contributed by atoms with van der Waals surface area (Å²) in [6.45, 7) is 3.77. The van der Waals surface area contributed by atoms with Crippen LogP contribution in [0.5, 0.6) is 5.75 Å². The van der Waals surface area contributed by atoms with Gasteiger partial charge in [0.2, 0.25) is 0 Å². The van der Waals surface area contributed by atoms with Crippen molar-refractivity contribution >= 4 is 0 Å². The van der Waals surface area contributed by atoms with Gasteiger partial charge in [0, 0.05) is 6.54 Å². The Morgan fingerprint density at radius 2 is 2.20 bits per heavy atom. The maximum Gasteiger partial charge on any atom is 0.165 e. The molecule has 0 heterocycles. The summed E-state index contributed by atoms with van der Waals surface area (Å²) in [6.07, 6.45) is 0. The van der Waals surface area contributed by atoms with Crippen LogP contribution in [0.3, 0.4) is 0 Å². The molecule has 0 aliphatic rings. The molecule has 1 rings (SSSR count). The summed E-state index contributed by atoms with van der Waals surface area (Å²) in [5.41, 5.74) is 4.63. The lowest BCUT2D eigenvalue weighted by atomic mass is 9.96. The minimum Gasteiger partial charge on any atom is -0.491 e. The molecule has 3 N–H and O–H groups in total. The van der Waals surface area contributed by atoms with E-state index in [0.717, 1.165) is 0 Å². The monoisotopic (exact) mass is 213 g/mol. The van der Waals surface area contributed by atoms with Gasteiger partial charge in [0.15, 0.2) is 11.6 Å². The molecule has 0 aliphatic carbocycles. The number of benzene rings is 1. The van der Waals surface area contributed by atoms with Crippen molar-refractivity contribution in [1.82, 2.24) is 0 Å². The molecule has 0 amide bonds. The average Bonchev–Trinajstić information content (AvgIpc) is 2.21. The Morgan fingerprint density at radius 3 is 2.67 bits per heavy atom. The molecule has 1 aromatic carbocycles. The highest BCUT2D eigenvalue weighted by Crippen LogP contribution is 2.25. The topological polar surface area (TPSA) is 55.5 Å². The second kappa shape index (κ2) is 4.59. The van der Waals surface area contributed by atoms with Crippen LogP contribution in [0, 0.1) is 5.82 Å². The molecule has 0 bridgehead atoms. The summed E-state index contributed by atoms with van der Waals surface area (Å²) in [5.74, 6) is -0.294. The smallest absolute Gasteiger partial charge is 0.165 e. The van der Waals surface area contributed by atoms with Gasteiger partial charge in [0.05, 0.1) is 12.2 Å². The summed E-state index contributed by atoms with van der Waals surface area (Å²) in [4.78, 5) is 0. The summed E-state index contributed by atoms with van der Waals surface area (Å²) >= 11 is 0. The van der Waals surface area contributed by atoms with E-state index in [9.17, 15) is 9.50 Å². The molecular weight excluding hydrogens is 197 g/mol. The zero-order chi connectivity index (χ0) is 11.5. The van der Waals surface area contributed by atoms with Crippen LogP contribution in [-0.4, -0.2) is 18.3 Å². The van der Waals surface area contributed by atoms with Gasteiger partial charge in [-0.2, -0.15) is 0 Å². The number of hydrogen-bond donors (Lipinski definition) is 2. The first-order valence-corrected chi connectivity index (χ1v) is 4.86. The van der Waals surface area contributed by atoms with Gasteiger partial charge in [-0.25, -0.2) is 4.39 Å². The fourth-order valence-corrected chi connectivity index (χ4v) is 1.23. The molecule has 3 nitrogen and oxygen atoms in total. The maximum absolute atomic E-state index is 13.4. The number of rotatable bonds is 4. The predicted molar refractivity (Wildman–Crippen MR) is 56.2 cm³/mol. The Balaban J connectivity index is 3.01. The molecule has 1 unspecified atom stereocenters. The highest BCUT2D eigenvalue weighted by Gasteiger charge is 2.22. The zero-order valence-corrected chi connectivity index (χ0v) is 8.96. The molecule has 0 aliphatic heterocycles. The molecule has 0 saturated carbocycles. The number of nitrogens with two attached hydrogens (primary N) is 1. The van der Waals surface area contributed by atoms with E-state index < -0.39 is 11.4 Å². The maximum atomic E-state index is 13.4. The normalized spacial score (nSPS) is 14.7. The van der Waals surface area contributed by atoms with Crippen LogP contribution in [0.4, 0.5) is 4.39 Å². The second-order valence-corrected chi connectivity index (χ2v) is 3.56. The van der Waals surface area contributed by atoms with Crippen molar-refractivity contribution in [3.63, 3.8) is 0 Å². The first kappa shape index (κ1) is 11.9. The second-order valence-electron chi connectivity index (χ2n) is 3.56. The quantitative estimate of drug-likeness (QED) is 0.794. The Morgan fingerprint density at radius 1 is 1.53 bits per heavy atom. The molecule has 15 heavy (non-hydrogen) atoms. The third-order valence-corrected chi connectivity index (χ3v) is 2.25. The molecule has 0 aromatic heterocycles. The molecule has 4 heteroatoms. The minimum absolute atomic E-state index is 0.0421. The van der Waals surface area contributed by atoms with Crippen molar-refractivity contribution in [3.8, 4) is 5.75 Å². The molecule has 0 radical (unpaired) electrons. The molecule has 84 valence electrons. The van der Waals surface area contributed by atoms with E-state index in [-0.39, 0.29) is 12.3 Å².